The van der Waals surface area contributed by atoms with Gasteiger partial charge in [0.05, 0.1) is 28.6 Å². The molecule has 0 unspecified atom stereocenters. The average molecular weight is 413 g/mol. The molecule has 1 aromatic carbocycles. The molecule has 4 aromatic rings. The maximum atomic E-state index is 12.8. The molecule has 0 aliphatic heterocycles. The van der Waals surface area contributed by atoms with Crippen LogP contribution in [0.4, 0.5) is 0 Å². The molecule has 0 N–H and O–H groups in total. The largest absolute Gasteiger partial charge is 0.468 e. The molecular formula is C19H15N3O4S2. The molecule has 3 heterocycles. The third-order valence-corrected chi connectivity index (χ3v) is 5.84. The highest BCUT2D eigenvalue weighted by Gasteiger charge is 2.16. The van der Waals surface area contributed by atoms with Crippen molar-refractivity contribution in [1.29, 1.82) is 0 Å². The molecule has 7 nitrogen and oxygen atoms in total. The van der Waals surface area contributed by atoms with Gasteiger partial charge in [0, 0.05) is 5.75 Å². The molecule has 0 aliphatic carbocycles. The van der Waals surface area contributed by atoms with Crippen LogP contribution in [0.25, 0.3) is 21.7 Å². The number of benzene rings is 1. The fourth-order valence-corrected chi connectivity index (χ4v) is 4.15. The van der Waals surface area contributed by atoms with Crippen molar-refractivity contribution in [3.05, 3.63) is 64.1 Å². The van der Waals surface area contributed by atoms with Crippen LogP contribution in [0.15, 0.2) is 62.4 Å². The summed E-state index contributed by atoms with van der Waals surface area (Å²) in [5.41, 5.74) is 1.02. The number of rotatable bonds is 6. The van der Waals surface area contributed by atoms with Crippen LogP contribution in [-0.2, 0) is 21.8 Å². The zero-order valence-electron chi connectivity index (χ0n) is 14.8. The molecule has 0 aliphatic rings. The zero-order valence-corrected chi connectivity index (χ0v) is 16.5. The van der Waals surface area contributed by atoms with Gasteiger partial charge in [-0.3, -0.25) is 14.2 Å². The summed E-state index contributed by atoms with van der Waals surface area (Å²) in [6.45, 7) is -0.200. The van der Waals surface area contributed by atoms with Crippen LogP contribution >= 0.6 is 23.1 Å². The minimum atomic E-state index is -0.512. The summed E-state index contributed by atoms with van der Waals surface area (Å²) in [5, 5.41) is 2.84. The Kier molecular flexibility index (Phi) is 5.27. The summed E-state index contributed by atoms with van der Waals surface area (Å²) in [4.78, 5) is 34.6. The number of hydrogen-bond acceptors (Lipinski definition) is 8. The molecule has 0 saturated carbocycles. The molecule has 4 rings (SSSR count). The second-order valence-corrected chi connectivity index (χ2v) is 7.68. The van der Waals surface area contributed by atoms with Gasteiger partial charge in [0.2, 0.25) is 5.89 Å². The Balaban J connectivity index is 1.64. The Labute approximate surface area is 168 Å². The number of ether oxygens (including phenoxy) is 1. The number of carbonyl (C=O) groups is 1. The first-order valence-corrected chi connectivity index (χ1v) is 10.2. The zero-order chi connectivity index (χ0) is 19.5. The molecular weight excluding hydrogens is 398 g/mol. The molecule has 0 amide bonds. The molecule has 0 atom stereocenters. The summed E-state index contributed by atoms with van der Waals surface area (Å²) in [6, 6.07) is 10.9. The van der Waals surface area contributed by atoms with Gasteiger partial charge in [0.25, 0.3) is 5.56 Å². The van der Waals surface area contributed by atoms with Crippen LogP contribution in [-0.4, -0.2) is 27.6 Å². The minimum absolute atomic E-state index is 0.200. The van der Waals surface area contributed by atoms with Crippen LogP contribution in [0.3, 0.4) is 0 Å². The summed E-state index contributed by atoms with van der Waals surface area (Å²) in [7, 11) is 1.29. The summed E-state index contributed by atoms with van der Waals surface area (Å²) < 4.78 is 11.6. The Morgan fingerprint density at radius 2 is 2.11 bits per heavy atom. The van der Waals surface area contributed by atoms with Crippen molar-refractivity contribution >= 4 is 40.0 Å². The highest BCUT2D eigenvalue weighted by Crippen LogP contribution is 2.27. The van der Waals surface area contributed by atoms with Crippen molar-refractivity contribution in [2.24, 2.45) is 0 Å². The number of para-hydroxylation sites is 1. The molecule has 0 radical (unpaired) electrons. The van der Waals surface area contributed by atoms with E-state index in [4.69, 9.17) is 9.15 Å². The lowest BCUT2D eigenvalue weighted by Crippen LogP contribution is -2.27. The quantitative estimate of drug-likeness (QED) is 0.271. The predicted octanol–water partition coefficient (Wildman–Crippen LogP) is 3.58. The molecule has 142 valence electrons. The van der Waals surface area contributed by atoms with Crippen molar-refractivity contribution in [3.63, 3.8) is 0 Å². The van der Waals surface area contributed by atoms with Gasteiger partial charge in [-0.05, 0) is 23.6 Å². The molecule has 9 heteroatoms. The van der Waals surface area contributed by atoms with Gasteiger partial charge in [-0.15, -0.1) is 11.3 Å². The first-order chi connectivity index (χ1) is 13.7. The third kappa shape index (κ3) is 3.71. The van der Waals surface area contributed by atoms with Crippen molar-refractivity contribution in [3.8, 4) is 10.8 Å². The van der Waals surface area contributed by atoms with E-state index in [1.54, 1.807) is 35.8 Å². The van der Waals surface area contributed by atoms with Crippen molar-refractivity contribution in [2.45, 2.75) is 17.5 Å². The normalized spacial score (nSPS) is 11.0. The Bertz CT molecular complexity index is 1180. The highest BCUT2D eigenvalue weighted by molar-refractivity contribution is 7.98. The van der Waals surface area contributed by atoms with Gasteiger partial charge in [-0.25, -0.2) is 9.97 Å². The summed E-state index contributed by atoms with van der Waals surface area (Å²) >= 11 is 2.86. The van der Waals surface area contributed by atoms with E-state index in [9.17, 15) is 9.59 Å². The van der Waals surface area contributed by atoms with E-state index in [-0.39, 0.29) is 12.1 Å². The van der Waals surface area contributed by atoms with E-state index in [0.29, 0.717) is 27.7 Å². The molecule has 0 fully saturated rings. The van der Waals surface area contributed by atoms with Crippen LogP contribution in [0.1, 0.15) is 5.69 Å². The summed E-state index contributed by atoms with van der Waals surface area (Å²) in [6.07, 6.45) is 1.59. The van der Waals surface area contributed by atoms with E-state index in [1.165, 1.54) is 23.4 Å². The molecule has 0 bridgehead atoms. The highest BCUT2D eigenvalue weighted by atomic mass is 32.2. The first-order valence-electron chi connectivity index (χ1n) is 8.33. The monoisotopic (exact) mass is 413 g/mol. The van der Waals surface area contributed by atoms with Gasteiger partial charge in [0.1, 0.15) is 12.8 Å². The molecule has 28 heavy (non-hydrogen) atoms. The Morgan fingerprint density at radius 1 is 1.25 bits per heavy atom. The Morgan fingerprint density at radius 3 is 2.89 bits per heavy atom. The number of fused-ring (bicyclic) bond motifs is 1. The predicted molar refractivity (Wildman–Crippen MR) is 107 cm³/mol. The van der Waals surface area contributed by atoms with E-state index >= 15 is 0 Å². The number of carbonyl (C=O) groups excluding carboxylic acids is 1. The van der Waals surface area contributed by atoms with Crippen LogP contribution in [0, 0.1) is 0 Å². The van der Waals surface area contributed by atoms with E-state index < -0.39 is 5.97 Å². The van der Waals surface area contributed by atoms with Gasteiger partial charge in [0.15, 0.2) is 5.16 Å². The summed E-state index contributed by atoms with van der Waals surface area (Å²) in [5.74, 6) is 0.493. The topological polar surface area (TPSA) is 87.2 Å². The van der Waals surface area contributed by atoms with Gasteiger partial charge in [-0.1, -0.05) is 30.0 Å². The third-order valence-electron chi connectivity index (χ3n) is 3.97. The number of hydrogen-bond donors (Lipinski definition) is 0. The number of thiophene rings is 1. The lowest BCUT2D eigenvalue weighted by molar-refractivity contribution is -0.141. The smallest absolute Gasteiger partial charge is 0.325 e. The van der Waals surface area contributed by atoms with Gasteiger partial charge < -0.3 is 9.15 Å². The maximum Gasteiger partial charge on any atom is 0.325 e. The SMILES string of the molecule is COC(=O)Cn1c(SCc2coc(-c3cccs3)n2)nc2ccccc2c1=O. The molecule has 0 saturated heterocycles. The number of nitrogens with zero attached hydrogens (tertiary/aromatic N) is 3. The minimum Gasteiger partial charge on any atom is -0.468 e. The van der Waals surface area contributed by atoms with Crippen molar-refractivity contribution in [1.82, 2.24) is 14.5 Å². The first kappa shape index (κ1) is 18.5. The Hall–Kier alpha value is -2.91. The fraction of sp³-hybridized carbons (Fsp3) is 0.158. The molecule has 0 spiro atoms. The van der Waals surface area contributed by atoms with Crippen LogP contribution < -0.4 is 5.56 Å². The van der Waals surface area contributed by atoms with Crippen molar-refractivity contribution in [2.75, 3.05) is 7.11 Å². The van der Waals surface area contributed by atoms with Gasteiger partial charge in [-0.2, -0.15) is 0 Å². The number of aromatic nitrogens is 3. The van der Waals surface area contributed by atoms with Crippen LogP contribution in [0.2, 0.25) is 0 Å². The van der Waals surface area contributed by atoms with E-state index in [2.05, 4.69) is 9.97 Å². The van der Waals surface area contributed by atoms with E-state index in [0.717, 1.165) is 10.6 Å². The number of methoxy groups -OCH3 is 1. The maximum absolute atomic E-state index is 12.8. The number of esters is 1. The fourth-order valence-electron chi connectivity index (χ4n) is 2.62. The standard InChI is InChI=1S/C19H15N3O4S2/c1-25-16(23)9-22-18(24)13-5-2-3-6-14(13)21-19(22)28-11-12-10-26-17(20-12)15-7-4-8-27-15/h2-8,10H,9,11H2,1H3. The van der Waals surface area contributed by atoms with Gasteiger partial charge >= 0.3 is 5.97 Å². The molecule has 3 aromatic heterocycles. The number of thioether (sulfide) groups is 1. The average Bonchev–Trinajstić information content (AvgIpc) is 3.40. The second kappa shape index (κ2) is 7.99. The number of oxazole rings is 1. The van der Waals surface area contributed by atoms with E-state index in [1.807, 2.05) is 23.6 Å². The van der Waals surface area contributed by atoms with Crippen molar-refractivity contribution < 1.29 is 13.9 Å². The second-order valence-electron chi connectivity index (χ2n) is 5.79. The lowest BCUT2D eigenvalue weighted by Gasteiger charge is -2.11. The van der Waals surface area contributed by atoms with Crippen LogP contribution in [0.5, 0.6) is 0 Å². The lowest BCUT2D eigenvalue weighted by atomic mass is 10.2.